The van der Waals surface area contributed by atoms with Crippen LogP contribution in [0.25, 0.3) is 0 Å². The van der Waals surface area contributed by atoms with E-state index in [1.165, 1.54) is 18.6 Å². The lowest BCUT2D eigenvalue weighted by molar-refractivity contribution is -0.115. The second kappa shape index (κ2) is 4.87. The Labute approximate surface area is 104 Å². The minimum atomic E-state index is 0.328. The molecule has 3 heteroatoms. The lowest BCUT2D eigenvalue weighted by Gasteiger charge is -2.55. The molecule has 0 amide bonds. The molecule has 2 nitrogen and oxygen atoms in total. The second-order valence-electron chi connectivity index (χ2n) is 5.89. The minimum Gasteiger partial charge on any atom is -0.377 e. The van der Waals surface area contributed by atoms with Crippen LogP contribution in [-0.2, 0) is 4.74 Å². The fourth-order valence-corrected chi connectivity index (χ4v) is 3.94. The van der Waals surface area contributed by atoms with Crippen molar-refractivity contribution in [3.63, 3.8) is 0 Å². The molecule has 1 saturated carbocycles. The maximum Gasteiger partial charge on any atom is 0.0685 e. The van der Waals surface area contributed by atoms with Crippen LogP contribution in [0.1, 0.15) is 33.6 Å². The smallest absolute Gasteiger partial charge is 0.0685 e. The molecule has 4 atom stereocenters. The molecule has 2 fully saturated rings. The van der Waals surface area contributed by atoms with E-state index in [2.05, 4.69) is 32.3 Å². The van der Waals surface area contributed by atoms with Crippen molar-refractivity contribution in [1.82, 2.24) is 5.32 Å². The molecule has 2 rings (SSSR count). The Bertz CT molecular complexity index is 244. The first kappa shape index (κ1) is 12.7. The predicted octanol–water partition coefficient (Wildman–Crippen LogP) is 2.53. The normalized spacial score (nSPS) is 37.9. The van der Waals surface area contributed by atoms with Crippen molar-refractivity contribution in [3.05, 3.63) is 0 Å². The van der Waals surface area contributed by atoms with Gasteiger partial charge in [0.1, 0.15) is 0 Å². The SMILES string of the molecule is CSCCC(C)NC1C2CCOC2C1(C)C. The summed E-state index contributed by atoms with van der Waals surface area (Å²) < 4.78 is 5.82. The van der Waals surface area contributed by atoms with Gasteiger partial charge in [0.25, 0.3) is 0 Å². The zero-order chi connectivity index (χ0) is 11.8. The summed E-state index contributed by atoms with van der Waals surface area (Å²) >= 11 is 1.94. The van der Waals surface area contributed by atoms with Gasteiger partial charge in [-0.3, -0.25) is 0 Å². The van der Waals surface area contributed by atoms with E-state index in [4.69, 9.17) is 4.74 Å². The van der Waals surface area contributed by atoms with Gasteiger partial charge in [-0.2, -0.15) is 11.8 Å². The fourth-order valence-electron chi connectivity index (χ4n) is 3.35. The molecule has 0 aromatic heterocycles. The summed E-state index contributed by atoms with van der Waals surface area (Å²) in [6.07, 6.45) is 5.21. The Morgan fingerprint density at radius 2 is 2.25 bits per heavy atom. The third-order valence-electron chi connectivity index (χ3n) is 4.32. The number of ether oxygens (including phenoxy) is 1. The topological polar surface area (TPSA) is 21.3 Å². The average Bonchev–Trinajstić information content (AvgIpc) is 2.69. The van der Waals surface area contributed by atoms with E-state index in [1.807, 2.05) is 11.8 Å². The lowest BCUT2D eigenvalue weighted by Crippen LogP contribution is -2.67. The van der Waals surface area contributed by atoms with Gasteiger partial charge in [0.05, 0.1) is 6.10 Å². The molecule has 16 heavy (non-hydrogen) atoms. The molecular formula is C13H25NOS. The van der Waals surface area contributed by atoms with Gasteiger partial charge in [-0.1, -0.05) is 13.8 Å². The van der Waals surface area contributed by atoms with Crippen LogP contribution >= 0.6 is 11.8 Å². The minimum absolute atomic E-state index is 0.328. The van der Waals surface area contributed by atoms with E-state index in [1.54, 1.807) is 0 Å². The molecule has 4 unspecified atom stereocenters. The quantitative estimate of drug-likeness (QED) is 0.802. The summed E-state index contributed by atoms with van der Waals surface area (Å²) in [5.74, 6) is 2.03. The number of rotatable bonds is 5. The number of fused-ring (bicyclic) bond motifs is 1. The first-order valence-electron chi connectivity index (χ1n) is 6.44. The van der Waals surface area contributed by atoms with Crippen LogP contribution in [0.4, 0.5) is 0 Å². The molecular weight excluding hydrogens is 218 g/mol. The first-order valence-corrected chi connectivity index (χ1v) is 7.83. The average molecular weight is 243 g/mol. The molecule has 1 heterocycles. The molecule has 0 aromatic carbocycles. The van der Waals surface area contributed by atoms with Gasteiger partial charge in [-0.15, -0.1) is 0 Å². The van der Waals surface area contributed by atoms with Crippen LogP contribution in [0.5, 0.6) is 0 Å². The molecule has 94 valence electrons. The van der Waals surface area contributed by atoms with Crippen molar-refractivity contribution in [3.8, 4) is 0 Å². The van der Waals surface area contributed by atoms with Gasteiger partial charge in [0, 0.05) is 30.0 Å². The van der Waals surface area contributed by atoms with Crippen LogP contribution in [0.15, 0.2) is 0 Å². The summed E-state index contributed by atoms with van der Waals surface area (Å²) in [5.41, 5.74) is 0.328. The fraction of sp³-hybridized carbons (Fsp3) is 1.00. The van der Waals surface area contributed by atoms with E-state index in [0.29, 0.717) is 23.6 Å². The Morgan fingerprint density at radius 3 is 2.94 bits per heavy atom. The molecule has 1 aliphatic carbocycles. The van der Waals surface area contributed by atoms with Crippen LogP contribution in [0.2, 0.25) is 0 Å². The van der Waals surface area contributed by atoms with Gasteiger partial charge < -0.3 is 10.1 Å². The standard InChI is InChI=1S/C13H25NOS/c1-9(6-8-16-4)14-11-10-5-7-15-12(10)13(11,2)3/h9-12,14H,5-8H2,1-4H3. The Hall–Kier alpha value is 0.270. The molecule has 1 N–H and O–H groups in total. The van der Waals surface area contributed by atoms with Gasteiger partial charge in [0.2, 0.25) is 0 Å². The van der Waals surface area contributed by atoms with Gasteiger partial charge >= 0.3 is 0 Å². The lowest BCUT2D eigenvalue weighted by atomic mass is 9.57. The Kier molecular flexibility index (Phi) is 3.87. The molecule has 0 bridgehead atoms. The summed E-state index contributed by atoms with van der Waals surface area (Å²) in [5, 5.41) is 3.82. The zero-order valence-corrected chi connectivity index (χ0v) is 11.8. The largest absolute Gasteiger partial charge is 0.377 e. The van der Waals surface area contributed by atoms with Crippen LogP contribution in [0, 0.1) is 11.3 Å². The number of thioether (sulfide) groups is 1. The molecule has 0 radical (unpaired) electrons. The highest BCUT2D eigenvalue weighted by molar-refractivity contribution is 7.98. The maximum atomic E-state index is 5.82. The molecule has 2 aliphatic rings. The molecule has 1 aliphatic heterocycles. The van der Waals surface area contributed by atoms with Gasteiger partial charge in [-0.05, 0) is 31.8 Å². The molecule has 0 aromatic rings. The highest BCUT2D eigenvalue weighted by Crippen LogP contribution is 2.52. The summed E-state index contributed by atoms with van der Waals surface area (Å²) in [4.78, 5) is 0. The van der Waals surface area contributed by atoms with Gasteiger partial charge in [-0.25, -0.2) is 0 Å². The highest BCUT2D eigenvalue weighted by Gasteiger charge is 2.59. The van der Waals surface area contributed by atoms with E-state index in [9.17, 15) is 0 Å². The summed E-state index contributed by atoms with van der Waals surface area (Å²) in [6, 6.07) is 1.30. The summed E-state index contributed by atoms with van der Waals surface area (Å²) in [6.45, 7) is 7.97. The predicted molar refractivity (Wildman–Crippen MR) is 71.0 cm³/mol. The molecule has 0 spiro atoms. The number of hydrogen-bond donors (Lipinski definition) is 1. The Balaban J connectivity index is 1.85. The van der Waals surface area contributed by atoms with Crippen LogP contribution in [0.3, 0.4) is 0 Å². The van der Waals surface area contributed by atoms with Crippen molar-refractivity contribution in [2.24, 2.45) is 11.3 Å². The highest BCUT2D eigenvalue weighted by atomic mass is 32.2. The molecule has 1 saturated heterocycles. The van der Waals surface area contributed by atoms with E-state index in [-0.39, 0.29) is 0 Å². The van der Waals surface area contributed by atoms with E-state index in [0.717, 1.165) is 12.5 Å². The van der Waals surface area contributed by atoms with Crippen molar-refractivity contribution in [2.45, 2.75) is 51.8 Å². The van der Waals surface area contributed by atoms with Crippen molar-refractivity contribution >= 4 is 11.8 Å². The van der Waals surface area contributed by atoms with Crippen molar-refractivity contribution in [1.29, 1.82) is 0 Å². The monoisotopic (exact) mass is 243 g/mol. The van der Waals surface area contributed by atoms with Crippen LogP contribution in [-0.4, -0.2) is 36.8 Å². The second-order valence-corrected chi connectivity index (χ2v) is 6.88. The van der Waals surface area contributed by atoms with Crippen molar-refractivity contribution in [2.75, 3.05) is 18.6 Å². The first-order chi connectivity index (χ1) is 7.57. The zero-order valence-electron chi connectivity index (χ0n) is 11.0. The van der Waals surface area contributed by atoms with Crippen LogP contribution < -0.4 is 5.32 Å². The number of nitrogens with one attached hydrogen (secondary N) is 1. The van der Waals surface area contributed by atoms with Crippen molar-refractivity contribution < 1.29 is 4.74 Å². The third kappa shape index (κ3) is 2.14. The van der Waals surface area contributed by atoms with E-state index < -0.39 is 0 Å². The third-order valence-corrected chi connectivity index (χ3v) is 4.96. The van der Waals surface area contributed by atoms with Gasteiger partial charge in [0.15, 0.2) is 0 Å². The maximum absolute atomic E-state index is 5.82. The van der Waals surface area contributed by atoms with E-state index >= 15 is 0 Å². The number of hydrogen-bond acceptors (Lipinski definition) is 3. The summed E-state index contributed by atoms with van der Waals surface area (Å²) in [7, 11) is 0. The Morgan fingerprint density at radius 1 is 1.50 bits per heavy atom.